The Morgan fingerprint density at radius 2 is 1.24 bits per heavy atom. The summed E-state index contributed by atoms with van der Waals surface area (Å²) in [5.74, 6) is 1.27. The number of ether oxygens (including phenoxy) is 1. The van der Waals surface area contributed by atoms with Crippen molar-refractivity contribution in [2.45, 2.75) is 63.5 Å². The summed E-state index contributed by atoms with van der Waals surface area (Å²) in [6, 6.07) is 27.3. The fraction of sp³-hybridized carbons (Fsp3) is 0.375. The van der Waals surface area contributed by atoms with Crippen molar-refractivity contribution in [1.82, 2.24) is 5.32 Å². The molecule has 6 nitrogen and oxygen atoms in total. The van der Waals surface area contributed by atoms with Crippen LogP contribution in [0.5, 0.6) is 5.75 Å². The Kier molecular flexibility index (Phi) is 10.3. The Bertz CT molecular complexity index is 1180. The Balaban J connectivity index is 1.49. The van der Waals surface area contributed by atoms with E-state index in [2.05, 4.69) is 10.3 Å². The van der Waals surface area contributed by atoms with Crippen molar-refractivity contribution in [3.8, 4) is 5.75 Å². The molecule has 3 N–H and O–H groups in total. The van der Waals surface area contributed by atoms with Gasteiger partial charge in [0.05, 0.1) is 6.61 Å². The van der Waals surface area contributed by atoms with Crippen molar-refractivity contribution in [1.29, 1.82) is 0 Å². The molecule has 0 saturated heterocycles. The van der Waals surface area contributed by atoms with Crippen molar-refractivity contribution in [2.24, 2.45) is 9.98 Å². The molecule has 200 valence electrons. The van der Waals surface area contributed by atoms with Crippen LogP contribution in [0.3, 0.4) is 0 Å². The average molecular weight is 514 g/mol. The second-order valence-corrected chi connectivity index (χ2v) is 9.68. The normalized spacial score (nSPS) is 16.9. The molecule has 1 unspecified atom stereocenters. The molecule has 0 aliphatic carbocycles. The van der Waals surface area contributed by atoms with Gasteiger partial charge in [-0.3, -0.25) is 5.32 Å². The van der Waals surface area contributed by atoms with Crippen LogP contribution < -0.4 is 10.1 Å². The number of hydrogen-bond acceptors (Lipinski definition) is 5. The minimum atomic E-state index is -1.19. The van der Waals surface area contributed by atoms with Crippen LogP contribution in [0.15, 0.2) is 94.9 Å². The predicted octanol–water partition coefficient (Wildman–Crippen LogP) is 6.73. The number of unbranched alkanes of at least 4 members (excludes halogenated alkanes) is 8. The minimum absolute atomic E-state index is 0.186. The van der Waals surface area contributed by atoms with Gasteiger partial charge >= 0.3 is 0 Å². The van der Waals surface area contributed by atoms with Crippen molar-refractivity contribution in [3.63, 3.8) is 0 Å². The van der Waals surface area contributed by atoms with Crippen LogP contribution in [0, 0.1) is 0 Å². The van der Waals surface area contributed by atoms with E-state index in [1.807, 2.05) is 84.9 Å². The number of rotatable bonds is 15. The van der Waals surface area contributed by atoms with Gasteiger partial charge < -0.3 is 14.9 Å². The summed E-state index contributed by atoms with van der Waals surface area (Å²) in [5.41, 5.74) is 1.31. The van der Waals surface area contributed by atoms with Crippen LogP contribution in [0.25, 0.3) is 0 Å². The highest BCUT2D eigenvalue weighted by molar-refractivity contribution is 6.08. The maximum atomic E-state index is 10.8. The Morgan fingerprint density at radius 1 is 0.658 bits per heavy atom. The molecule has 1 heterocycles. The Hall–Kier alpha value is -3.64. The molecule has 0 saturated carbocycles. The molecule has 3 aromatic carbocycles. The van der Waals surface area contributed by atoms with E-state index in [0.717, 1.165) is 48.1 Å². The average Bonchev–Trinajstić information content (AvgIpc) is 2.96. The number of nitrogens with one attached hydrogen (secondary N) is 1. The predicted molar refractivity (Wildman–Crippen MR) is 154 cm³/mol. The fourth-order valence-electron chi connectivity index (χ4n) is 4.82. The second kappa shape index (κ2) is 14.3. The number of amidine groups is 2. The zero-order valence-corrected chi connectivity index (χ0v) is 22.1. The smallest absolute Gasteiger partial charge is 0.290 e. The molecule has 0 amide bonds. The molecular formula is C32H39N3O3. The molecule has 0 bridgehead atoms. The molecule has 1 aliphatic heterocycles. The molecule has 0 spiro atoms. The Morgan fingerprint density at radius 3 is 1.92 bits per heavy atom. The molecule has 0 fully saturated rings. The van der Waals surface area contributed by atoms with Crippen LogP contribution in [0.2, 0.25) is 0 Å². The van der Waals surface area contributed by atoms with Gasteiger partial charge in [0.2, 0.25) is 5.66 Å². The van der Waals surface area contributed by atoms with E-state index in [1.54, 1.807) is 0 Å². The van der Waals surface area contributed by atoms with Crippen molar-refractivity contribution < 1.29 is 14.9 Å². The number of hydrogen-bond donors (Lipinski definition) is 3. The summed E-state index contributed by atoms with van der Waals surface area (Å²) in [6.45, 7) is 0.919. The number of aliphatic imine (C=N–C) groups is 2. The van der Waals surface area contributed by atoms with E-state index in [9.17, 15) is 5.11 Å². The van der Waals surface area contributed by atoms with Gasteiger partial charge in [0, 0.05) is 23.3 Å². The van der Waals surface area contributed by atoms with Crippen LogP contribution in [0.4, 0.5) is 0 Å². The lowest BCUT2D eigenvalue weighted by Crippen LogP contribution is -2.42. The van der Waals surface area contributed by atoms with Gasteiger partial charge in [-0.2, -0.15) is 4.99 Å². The Labute approximate surface area is 226 Å². The summed E-state index contributed by atoms with van der Waals surface area (Å²) in [5, 5.41) is 22.6. The van der Waals surface area contributed by atoms with Gasteiger partial charge in [-0.05, 0) is 18.9 Å². The highest BCUT2D eigenvalue weighted by atomic mass is 16.5. The number of aliphatic hydroxyl groups is 2. The van der Waals surface area contributed by atoms with E-state index < -0.39 is 5.66 Å². The number of aliphatic hydroxyl groups excluding tert-OH is 2. The van der Waals surface area contributed by atoms with Gasteiger partial charge in [0.1, 0.15) is 11.6 Å². The van der Waals surface area contributed by atoms with Crippen LogP contribution >= 0.6 is 0 Å². The highest BCUT2D eigenvalue weighted by Crippen LogP contribution is 2.42. The van der Waals surface area contributed by atoms with Crippen molar-refractivity contribution >= 4 is 11.9 Å². The molecular weight excluding hydrogens is 474 g/mol. The maximum Gasteiger partial charge on any atom is 0.290 e. The largest absolute Gasteiger partial charge is 0.493 e. The zero-order chi connectivity index (χ0) is 26.5. The molecule has 1 aliphatic rings. The molecule has 38 heavy (non-hydrogen) atoms. The van der Waals surface area contributed by atoms with E-state index in [4.69, 9.17) is 14.8 Å². The van der Waals surface area contributed by atoms with Gasteiger partial charge in [-0.15, -0.1) is 0 Å². The van der Waals surface area contributed by atoms with Gasteiger partial charge in [0.25, 0.3) is 6.02 Å². The summed E-state index contributed by atoms with van der Waals surface area (Å²) in [4.78, 5) is 9.78. The lowest BCUT2D eigenvalue weighted by molar-refractivity contribution is 0.282. The first-order chi connectivity index (χ1) is 18.7. The zero-order valence-electron chi connectivity index (χ0n) is 22.1. The monoisotopic (exact) mass is 513 g/mol. The third kappa shape index (κ3) is 7.23. The summed E-state index contributed by atoms with van der Waals surface area (Å²) in [7, 11) is 0. The molecule has 0 aromatic heterocycles. The van der Waals surface area contributed by atoms with E-state index in [-0.39, 0.29) is 6.02 Å². The maximum absolute atomic E-state index is 10.8. The number of nitrogens with zero attached hydrogens (tertiary/aromatic N) is 2. The molecule has 1 atom stereocenters. The van der Waals surface area contributed by atoms with Crippen molar-refractivity contribution in [3.05, 3.63) is 102 Å². The topological polar surface area (TPSA) is 86.4 Å². The molecule has 3 aromatic rings. The van der Waals surface area contributed by atoms with Crippen molar-refractivity contribution in [2.75, 3.05) is 13.2 Å². The first-order valence-corrected chi connectivity index (χ1v) is 13.8. The quantitative estimate of drug-likeness (QED) is 0.197. The lowest BCUT2D eigenvalue weighted by atomic mass is 9.90. The van der Waals surface area contributed by atoms with Gasteiger partial charge in [-0.25, -0.2) is 4.99 Å². The van der Waals surface area contributed by atoms with Gasteiger partial charge in [0.15, 0.2) is 0 Å². The van der Waals surface area contributed by atoms with Crippen LogP contribution in [0.1, 0.15) is 74.5 Å². The fourth-order valence-corrected chi connectivity index (χ4v) is 4.82. The summed E-state index contributed by atoms with van der Waals surface area (Å²) < 4.78 is 6.32. The van der Waals surface area contributed by atoms with E-state index in [1.165, 1.54) is 32.1 Å². The molecule has 0 radical (unpaired) electrons. The van der Waals surface area contributed by atoms with E-state index >= 15 is 0 Å². The molecule has 6 heteroatoms. The summed E-state index contributed by atoms with van der Waals surface area (Å²) in [6.07, 6.45) is 10.3. The SMILES string of the molecule is OCCCCCCCCCCCOc1ccccc1C1(c2ccccc2)N=C(O)NC(c2ccccc2)=N1. The summed E-state index contributed by atoms with van der Waals surface area (Å²) >= 11 is 0. The minimum Gasteiger partial charge on any atom is -0.493 e. The standard InChI is InChI=1S/C32H39N3O3/c36-24-16-6-4-2-1-3-5-7-17-25-38-29-23-15-14-22-28(29)32(27-20-12-9-13-21-27)34-30(33-31(37)35-32)26-18-10-8-11-19-26/h8-15,18-23,36H,1-7,16-17,24-25H2,(H2,33,34,35,37). The lowest BCUT2D eigenvalue weighted by Gasteiger charge is -2.32. The first-order valence-electron chi connectivity index (χ1n) is 13.8. The molecule has 4 rings (SSSR count). The van der Waals surface area contributed by atoms with Gasteiger partial charge in [-0.1, -0.05) is 124 Å². The highest BCUT2D eigenvalue weighted by Gasteiger charge is 2.40. The second-order valence-electron chi connectivity index (χ2n) is 9.68. The first kappa shape index (κ1) is 27.4. The number of benzene rings is 3. The third-order valence-electron chi connectivity index (χ3n) is 6.82. The third-order valence-corrected chi connectivity index (χ3v) is 6.82. The number of para-hydroxylation sites is 1. The van der Waals surface area contributed by atoms with Crippen LogP contribution in [-0.2, 0) is 5.66 Å². The van der Waals surface area contributed by atoms with E-state index in [0.29, 0.717) is 19.0 Å². The van der Waals surface area contributed by atoms with Crippen LogP contribution in [-0.4, -0.2) is 35.3 Å².